The van der Waals surface area contributed by atoms with E-state index in [1.807, 2.05) is 11.3 Å². The summed E-state index contributed by atoms with van der Waals surface area (Å²) in [6.07, 6.45) is 3.65. The van der Waals surface area contributed by atoms with E-state index in [2.05, 4.69) is 77.3 Å². The van der Waals surface area contributed by atoms with Crippen molar-refractivity contribution in [2.75, 3.05) is 0 Å². The number of fused-ring (bicyclic) bond motifs is 2. The van der Waals surface area contributed by atoms with Gasteiger partial charge in [0.25, 0.3) is 0 Å². The van der Waals surface area contributed by atoms with Crippen LogP contribution in [-0.4, -0.2) is 0 Å². The molecular weight excluding hydrogens is 364 g/mol. The molecule has 4 rings (SSSR count). The molecule has 2 aromatic carbocycles. The minimum Gasteiger partial charge on any atom is -0.144 e. The lowest BCUT2D eigenvalue weighted by atomic mass is 9.93. The molecule has 2 aromatic heterocycles. The van der Waals surface area contributed by atoms with Crippen molar-refractivity contribution in [3.05, 3.63) is 68.4 Å². The molecular formula is C25H30S2. The van der Waals surface area contributed by atoms with Gasteiger partial charge in [0.1, 0.15) is 0 Å². The summed E-state index contributed by atoms with van der Waals surface area (Å²) >= 11 is 3.82. The quantitative estimate of drug-likeness (QED) is 0.326. The lowest BCUT2D eigenvalue weighted by molar-refractivity contribution is 0.923. The molecule has 0 saturated heterocycles. The lowest BCUT2D eigenvalue weighted by Crippen LogP contribution is -1.94. The average Bonchev–Trinajstić information content (AvgIpc) is 3.30. The maximum Gasteiger partial charge on any atom is 0.0383 e. The van der Waals surface area contributed by atoms with Gasteiger partial charge in [0.15, 0.2) is 0 Å². The van der Waals surface area contributed by atoms with Gasteiger partial charge in [0.2, 0.25) is 0 Å². The minimum atomic E-state index is 1.16. The largest absolute Gasteiger partial charge is 0.144 e. The van der Waals surface area contributed by atoms with Crippen molar-refractivity contribution in [3.8, 4) is 0 Å². The Kier molecular flexibility index (Phi) is 6.39. The van der Waals surface area contributed by atoms with Crippen LogP contribution < -0.4 is 0 Å². The molecule has 0 atom stereocenters. The van der Waals surface area contributed by atoms with E-state index in [-0.39, 0.29) is 0 Å². The van der Waals surface area contributed by atoms with Crippen LogP contribution in [0.3, 0.4) is 0 Å². The van der Waals surface area contributed by atoms with Crippen molar-refractivity contribution in [2.24, 2.45) is 0 Å². The molecule has 0 fully saturated rings. The summed E-state index contributed by atoms with van der Waals surface area (Å²) in [4.78, 5) is 1.62. The molecule has 0 nitrogen and oxygen atoms in total. The van der Waals surface area contributed by atoms with E-state index >= 15 is 0 Å². The molecule has 142 valence electrons. The fourth-order valence-electron chi connectivity index (χ4n) is 3.80. The van der Waals surface area contributed by atoms with Crippen LogP contribution in [0.2, 0.25) is 0 Å². The van der Waals surface area contributed by atoms with Crippen LogP contribution in [0.4, 0.5) is 0 Å². The first-order valence-corrected chi connectivity index (χ1v) is 11.6. The van der Waals surface area contributed by atoms with Crippen LogP contribution in [0.1, 0.15) is 53.0 Å². The summed E-state index contributed by atoms with van der Waals surface area (Å²) in [6.45, 7) is 13.7. The molecule has 2 heteroatoms. The predicted octanol–water partition coefficient (Wildman–Crippen LogP) is 8.55. The molecule has 0 amide bonds. The highest BCUT2D eigenvalue weighted by atomic mass is 32.1. The highest BCUT2D eigenvalue weighted by Crippen LogP contribution is 2.39. The second-order valence-corrected chi connectivity index (χ2v) is 9.32. The van der Waals surface area contributed by atoms with E-state index < -0.39 is 0 Å². The SMILES string of the molecule is CCCc1sc2c(C)c(C)c(C)c(C)c2c1CC.c1ccc2sccc2c1. The maximum absolute atomic E-state index is 2.30. The first-order chi connectivity index (χ1) is 13.0. The van der Waals surface area contributed by atoms with Crippen LogP contribution in [0.5, 0.6) is 0 Å². The van der Waals surface area contributed by atoms with E-state index in [1.54, 1.807) is 27.2 Å². The Bertz CT molecular complexity index is 1030. The number of rotatable bonds is 3. The maximum atomic E-state index is 2.30. The van der Waals surface area contributed by atoms with Gasteiger partial charge in [-0.3, -0.25) is 0 Å². The molecule has 4 aromatic rings. The van der Waals surface area contributed by atoms with Gasteiger partial charge in [-0.1, -0.05) is 38.5 Å². The summed E-state index contributed by atoms with van der Waals surface area (Å²) in [7, 11) is 0. The first-order valence-electron chi connectivity index (χ1n) is 9.92. The van der Waals surface area contributed by atoms with Gasteiger partial charge in [0.05, 0.1) is 0 Å². The minimum absolute atomic E-state index is 1.16. The van der Waals surface area contributed by atoms with Crippen LogP contribution in [-0.2, 0) is 12.8 Å². The van der Waals surface area contributed by atoms with Gasteiger partial charge in [-0.2, -0.15) is 0 Å². The summed E-state index contributed by atoms with van der Waals surface area (Å²) in [5.74, 6) is 0. The number of hydrogen-bond acceptors (Lipinski definition) is 2. The zero-order chi connectivity index (χ0) is 19.6. The third-order valence-electron chi connectivity index (χ3n) is 5.69. The van der Waals surface area contributed by atoms with Crippen molar-refractivity contribution >= 4 is 42.8 Å². The summed E-state index contributed by atoms with van der Waals surface area (Å²) in [5, 5.41) is 5.03. The Labute approximate surface area is 171 Å². The smallest absolute Gasteiger partial charge is 0.0383 e. The number of benzene rings is 2. The fourth-order valence-corrected chi connectivity index (χ4v) is 6.20. The molecule has 0 aliphatic rings. The van der Waals surface area contributed by atoms with Crippen LogP contribution >= 0.6 is 22.7 Å². The van der Waals surface area contributed by atoms with Crippen molar-refractivity contribution < 1.29 is 0 Å². The highest BCUT2D eigenvalue weighted by molar-refractivity contribution is 7.19. The standard InChI is InChI=1S/C17H24S.C8H6S/c1-7-9-15-14(8-2)16-12(5)10(3)11(4)13(6)17(16)18-15;1-2-4-8-7(3-1)5-6-9-8/h7-9H2,1-6H3;1-6H. The Balaban J connectivity index is 0.000000193. The summed E-state index contributed by atoms with van der Waals surface area (Å²) in [5.41, 5.74) is 7.57. The van der Waals surface area contributed by atoms with Crippen molar-refractivity contribution in [3.63, 3.8) is 0 Å². The molecule has 0 aliphatic heterocycles. The van der Waals surface area contributed by atoms with Crippen LogP contribution in [0, 0.1) is 27.7 Å². The van der Waals surface area contributed by atoms with Gasteiger partial charge in [-0.25, -0.2) is 0 Å². The Hall–Kier alpha value is -1.64. The van der Waals surface area contributed by atoms with Crippen LogP contribution in [0.15, 0.2) is 35.7 Å². The molecule has 0 bridgehead atoms. The van der Waals surface area contributed by atoms with Crippen molar-refractivity contribution in [2.45, 2.75) is 60.8 Å². The molecule has 0 radical (unpaired) electrons. The molecule has 27 heavy (non-hydrogen) atoms. The second kappa shape index (κ2) is 8.58. The fraction of sp³-hybridized carbons (Fsp3) is 0.360. The zero-order valence-corrected chi connectivity index (χ0v) is 19.0. The number of hydrogen-bond donors (Lipinski definition) is 0. The van der Waals surface area contributed by atoms with Gasteiger partial charge in [-0.05, 0) is 96.6 Å². The summed E-state index contributed by atoms with van der Waals surface area (Å²) < 4.78 is 2.91. The molecule has 0 aliphatic carbocycles. The third kappa shape index (κ3) is 3.83. The Morgan fingerprint density at radius 1 is 0.815 bits per heavy atom. The van der Waals surface area contributed by atoms with Gasteiger partial charge >= 0.3 is 0 Å². The Morgan fingerprint density at radius 2 is 1.52 bits per heavy atom. The topological polar surface area (TPSA) is 0 Å². The highest BCUT2D eigenvalue weighted by Gasteiger charge is 2.17. The zero-order valence-electron chi connectivity index (χ0n) is 17.4. The van der Waals surface area contributed by atoms with E-state index in [1.165, 1.54) is 49.9 Å². The molecule has 2 heterocycles. The molecule has 0 spiro atoms. The number of thiophene rings is 2. The van der Waals surface area contributed by atoms with Crippen LogP contribution in [0.25, 0.3) is 20.2 Å². The van der Waals surface area contributed by atoms with Crippen molar-refractivity contribution in [1.29, 1.82) is 0 Å². The Morgan fingerprint density at radius 3 is 2.19 bits per heavy atom. The average molecular weight is 395 g/mol. The number of aryl methyl sites for hydroxylation is 4. The predicted molar refractivity (Wildman–Crippen MR) is 126 cm³/mol. The normalized spacial score (nSPS) is 11.0. The van der Waals surface area contributed by atoms with Gasteiger partial charge < -0.3 is 0 Å². The molecule has 0 saturated carbocycles. The third-order valence-corrected chi connectivity index (χ3v) is 8.00. The molecule has 0 N–H and O–H groups in total. The van der Waals surface area contributed by atoms with Gasteiger partial charge in [-0.15, -0.1) is 22.7 Å². The molecule has 0 unspecified atom stereocenters. The van der Waals surface area contributed by atoms with E-state index in [9.17, 15) is 0 Å². The monoisotopic (exact) mass is 394 g/mol. The van der Waals surface area contributed by atoms with Gasteiger partial charge in [0, 0.05) is 14.3 Å². The van der Waals surface area contributed by atoms with E-state index in [4.69, 9.17) is 0 Å². The van der Waals surface area contributed by atoms with E-state index in [0.717, 1.165) is 6.42 Å². The lowest BCUT2D eigenvalue weighted by Gasteiger charge is -2.12. The van der Waals surface area contributed by atoms with E-state index in [0.29, 0.717) is 0 Å². The second-order valence-electron chi connectivity index (χ2n) is 7.27. The van der Waals surface area contributed by atoms with Crippen molar-refractivity contribution in [1.82, 2.24) is 0 Å². The first kappa shape index (κ1) is 20.1. The summed E-state index contributed by atoms with van der Waals surface area (Å²) in [6, 6.07) is 10.5.